The molecule has 1 saturated heterocycles. The first-order chi connectivity index (χ1) is 12.6. The summed E-state index contributed by atoms with van der Waals surface area (Å²) in [6.07, 6.45) is 0.0201. The summed E-state index contributed by atoms with van der Waals surface area (Å²) in [7, 11) is -3.57. The zero-order valence-electron chi connectivity index (χ0n) is 13.8. The van der Waals surface area contributed by atoms with Gasteiger partial charge in [0, 0.05) is 24.4 Å². The molecule has 0 amide bonds. The third-order valence-electron chi connectivity index (χ3n) is 4.08. The summed E-state index contributed by atoms with van der Waals surface area (Å²) in [6, 6.07) is 12.4. The second kappa shape index (κ2) is 7.28. The van der Waals surface area contributed by atoms with E-state index in [2.05, 4.69) is 10.1 Å². The van der Waals surface area contributed by atoms with Crippen molar-refractivity contribution in [3.8, 4) is 0 Å². The van der Waals surface area contributed by atoms with E-state index >= 15 is 0 Å². The minimum absolute atomic E-state index is 0.151. The molecule has 0 radical (unpaired) electrons. The van der Waals surface area contributed by atoms with E-state index in [1.165, 1.54) is 4.31 Å². The van der Waals surface area contributed by atoms with Crippen molar-refractivity contribution < 1.29 is 17.7 Å². The molecule has 1 fully saturated rings. The Labute approximate surface area is 155 Å². The number of hydrogen-bond donors (Lipinski definition) is 0. The van der Waals surface area contributed by atoms with Gasteiger partial charge in [-0.15, -0.1) is 11.3 Å². The highest BCUT2D eigenvalue weighted by molar-refractivity contribution is 7.89. The van der Waals surface area contributed by atoms with Gasteiger partial charge in [-0.05, 0) is 23.6 Å². The largest absolute Gasteiger partial charge is 0.366 e. The lowest BCUT2D eigenvalue weighted by atomic mass is 10.3. The molecule has 4 rings (SSSR count). The van der Waals surface area contributed by atoms with Crippen LogP contribution in [0.3, 0.4) is 0 Å². The first-order valence-corrected chi connectivity index (χ1v) is 10.5. The third kappa shape index (κ3) is 3.56. The van der Waals surface area contributed by atoms with Crippen molar-refractivity contribution in [3.05, 3.63) is 64.4 Å². The van der Waals surface area contributed by atoms with Gasteiger partial charge in [0.1, 0.15) is 0 Å². The molecule has 0 aliphatic carbocycles. The number of hydrogen-bond acceptors (Lipinski definition) is 7. The van der Waals surface area contributed by atoms with Gasteiger partial charge in [0.05, 0.1) is 11.5 Å². The summed E-state index contributed by atoms with van der Waals surface area (Å²) < 4.78 is 38.0. The fourth-order valence-corrected chi connectivity index (χ4v) is 4.92. The molecule has 3 aromatic rings. The molecule has 26 heavy (non-hydrogen) atoms. The van der Waals surface area contributed by atoms with Crippen molar-refractivity contribution in [2.75, 3.05) is 19.7 Å². The van der Waals surface area contributed by atoms with Gasteiger partial charge < -0.3 is 9.26 Å². The minimum atomic E-state index is -3.57. The molecule has 1 atom stereocenters. The highest BCUT2D eigenvalue weighted by Gasteiger charge is 2.34. The maximum absolute atomic E-state index is 12.8. The minimum Gasteiger partial charge on any atom is -0.366 e. The summed E-state index contributed by atoms with van der Waals surface area (Å²) in [5.74, 6) is 0.874. The van der Waals surface area contributed by atoms with Gasteiger partial charge in [0.15, 0.2) is 11.9 Å². The quantitative estimate of drug-likeness (QED) is 0.664. The van der Waals surface area contributed by atoms with Crippen LogP contribution in [0.2, 0.25) is 0 Å². The Morgan fingerprint density at radius 3 is 2.81 bits per heavy atom. The lowest BCUT2D eigenvalue weighted by Crippen LogP contribution is -2.42. The number of sulfonamides is 1. The molecule has 0 saturated carbocycles. The van der Waals surface area contributed by atoms with Crippen LogP contribution in [0.25, 0.3) is 0 Å². The number of thiophene rings is 1. The van der Waals surface area contributed by atoms with E-state index in [0.717, 1.165) is 4.88 Å². The van der Waals surface area contributed by atoms with Crippen LogP contribution in [-0.2, 0) is 21.2 Å². The van der Waals surface area contributed by atoms with Crippen molar-refractivity contribution in [2.24, 2.45) is 0 Å². The van der Waals surface area contributed by atoms with E-state index in [1.54, 1.807) is 41.7 Å². The van der Waals surface area contributed by atoms with Gasteiger partial charge in [-0.3, -0.25) is 0 Å². The molecule has 1 aromatic carbocycles. The van der Waals surface area contributed by atoms with Gasteiger partial charge in [0.2, 0.25) is 10.0 Å². The number of ether oxygens (including phenoxy) is 1. The smallest absolute Gasteiger partial charge is 0.257 e. The first kappa shape index (κ1) is 17.3. The highest BCUT2D eigenvalue weighted by atomic mass is 32.2. The van der Waals surface area contributed by atoms with Crippen LogP contribution in [0, 0.1) is 0 Å². The Hall–Kier alpha value is -2.07. The number of morpholine rings is 1. The Balaban J connectivity index is 1.50. The predicted molar refractivity (Wildman–Crippen MR) is 95.3 cm³/mol. The monoisotopic (exact) mass is 391 g/mol. The topological polar surface area (TPSA) is 85.5 Å². The molecule has 0 N–H and O–H groups in total. The highest BCUT2D eigenvalue weighted by Crippen LogP contribution is 2.26. The Kier molecular flexibility index (Phi) is 4.86. The number of rotatable bonds is 5. The summed E-state index contributed by atoms with van der Waals surface area (Å²) >= 11 is 1.62. The lowest BCUT2D eigenvalue weighted by molar-refractivity contribution is -0.0199. The van der Waals surface area contributed by atoms with Crippen LogP contribution in [0.1, 0.15) is 22.7 Å². The zero-order chi connectivity index (χ0) is 18.0. The predicted octanol–water partition coefficient (Wildman–Crippen LogP) is 2.48. The molecule has 9 heteroatoms. The van der Waals surface area contributed by atoms with E-state index in [4.69, 9.17) is 9.26 Å². The van der Waals surface area contributed by atoms with E-state index in [1.807, 2.05) is 17.5 Å². The zero-order valence-corrected chi connectivity index (χ0v) is 15.4. The second-order valence-corrected chi connectivity index (χ2v) is 8.81. The second-order valence-electron chi connectivity index (χ2n) is 5.84. The number of aromatic nitrogens is 2. The van der Waals surface area contributed by atoms with Crippen molar-refractivity contribution >= 4 is 21.4 Å². The van der Waals surface area contributed by atoms with Gasteiger partial charge in [-0.25, -0.2) is 8.42 Å². The van der Waals surface area contributed by atoms with Crippen LogP contribution in [0.15, 0.2) is 57.3 Å². The Morgan fingerprint density at radius 2 is 2.04 bits per heavy atom. The normalized spacial score (nSPS) is 18.8. The average Bonchev–Trinajstić information content (AvgIpc) is 3.35. The van der Waals surface area contributed by atoms with Gasteiger partial charge in [0.25, 0.3) is 5.89 Å². The fraction of sp³-hybridized carbons (Fsp3) is 0.294. The first-order valence-electron chi connectivity index (χ1n) is 8.14. The van der Waals surface area contributed by atoms with Crippen molar-refractivity contribution in [1.29, 1.82) is 0 Å². The molecule has 1 aliphatic heterocycles. The summed E-state index contributed by atoms with van der Waals surface area (Å²) in [5, 5.41) is 5.98. The summed E-state index contributed by atoms with van der Waals surface area (Å²) in [4.78, 5) is 5.78. The van der Waals surface area contributed by atoms with Crippen LogP contribution >= 0.6 is 11.3 Å². The molecule has 0 bridgehead atoms. The van der Waals surface area contributed by atoms with E-state index in [-0.39, 0.29) is 18.0 Å². The molecular weight excluding hydrogens is 374 g/mol. The fourth-order valence-electron chi connectivity index (χ4n) is 2.77. The van der Waals surface area contributed by atoms with Crippen LogP contribution in [0.5, 0.6) is 0 Å². The van der Waals surface area contributed by atoms with Crippen LogP contribution in [0.4, 0.5) is 0 Å². The number of nitrogens with zero attached hydrogens (tertiary/aromatic N) is 3. The van der Waals surface area contributed by atoms with Crippen LogP contribution in [-0.4, -0.2) is 42.6 Å². The van der Waals surface area contributed by atoms with Crippen molar-refractivity contribution in [1.82, 2.24) is 14.4 Å². The SMILES string of the molecule is O=S(=O)(c1ccccc1)N1CCOC(c2nc(Cc3cccs3)no2)C1. The van der Waals surface area contributed by atoms with Gasteiger partial charge in [-0.2, -0.15) is 9.29 Å². The molecule has 2 aromatic heterocycles. The van der Waals surface area contributed by atoms with Gasteiger partial charge >= 0.3 is 0 Å². The number of benzene rings is 1. The average molecular weight is 391 g/mol. The summed E-state index contributed by atoms with van der Waals surface area (Å²) in [5.41, 5.74) is 0. The van der Waals surface area contributed by atoms with Crippen molar-refractivity contribution in [3.63, 3.8) is 0 Å². The third-order valence-corrected chi connectivity index (χ3v) is 6.84. The van der Waals surface area contributed by atoms with E-state index in [0.29, 0.717) is 24.7 Å². The molecular formula is C17H17N3O4S2. The van der Waals surface area contributed by atoms with E-state index in [9.17, 15) is 8.42 Å². The van der Waals surface area contributed by atoms with Gasteiger partial charge in [-0.1, -0.05) is 29.4 Å². The maximum Gasteiger partial charge on any atom is 0.257 e. The van der Waals surface area contributed by atoms with Crippen LogP contribution < -0.4 is 0 Å². The molecule has 3 heterocycles. The molecule has 0 spiro atoms. The molecule has 1 aliphatic rings. The van der Waals surface area contributed by atoms with E-state index < -0.39 is 16.1 Å². The van der Waals surface area contributed by atoms with Crippen molar-refractivity contribution in [2.45, 2.75) is 17.4 Å². The molecule has 136 valence electrons. The molecule has 1 unspecified atom stereocenters. The molecule has 7 nitrogen and oxygen atoms in total. The maximum atomic E-state index is 12.8. The lowest BCUT2D eigenvalue weighted by Gasteiger charge is -2.30. The summed E-state index contributed by atoms with van der Waals surface area (Å²) in [6.45, 7) is 0.723. The Bertz CT molecular complexity index is 955. The standard InChI is InChI=1S/C17H17N3O4S2/c21-26(22,14-6-2-1-3-7-14)20-8-9-23-15(12-20)17-18-16(19-24-17)11-13-5-4-10-25-13/h1-7,10,15H,8-9,11-12H2. The Morgan fingerprint density at radius 1 is 1.19 bits per heavy atom.